The van der Waals surface area contributed by atoms with Crippen LogP contribution in [-0.2, 0) is 11.2 Å². The number of carbonyl (C=O) groups is 1. The van der Waals surface area contributed by atoms with E-state index in [1.165, 1.54) is 0 Å². The number of carbonyl (C=O) groups excluding carboxylic acids is 1. The zero-order valence-electron chi connectivity index (χ0n) is 17.1. The third-order valence-corrected chi connectivity index (χ3v) is 4.50. The van der Waals surface area contributed by atoms with Gasteiger partial charge in [0, 0.05) is 12.1 Å². The van der Waals surface area contributed by atoms with Gasteiger partial charge in [-0.2, -0.15) is 0 Å². The fourth-order valence-electron chi connectivity index (χ4n) is 3.23. The van der Waals surface area contributed by atoms with Crippen molar-refractivity contribution in [3.05, 3.63) is 59.2 Å². The molecule has 1 aliphatic rings. The summed E-state index contributed by atoms with van der Waals surface area (Å²) in [5.41, 5.74) is 3.29. The highest BCUT2D eigenvalue weighted by Crippen LogP contribution is 2.39. The number of hydrogen-bond donors (Lipinski definition) is 0. The van der Waals surface area contributed by atoms with Crippen molar-refractivity contribution in [2.24, 2.45) is 0 Å². The molecule has 1 heterocycles. The third kappa shape index (κ3) is 4.30. The zero-order valence-corrected chi connectivity index (χ0v) is 17.1. The van der Waals surface area contributed by atoms with Gasteiger partial charge in [-0.15, -0.1) is 0 Å². The van der Waals surface area contributed by atoms with Gasteiger partial charge in [0.15, 0.2) is 11.5 Å². The lowest BCUT2D eigenvalue weighted by Gasteiger charge is -2.34. The number of amides is 1. The molecule has 5 heteroatoms. The van der Waals surface area contributed by atoms with E-state index in [1.807, 2.05) is 69.3 Å². The van der Waals surface area contributed by atoms with E-state index in [-0.39, 0.29) is 6.09 Å². The van der Waals surface area contributed by atoms with Crippen molar-refractivity contribution in [2.45, 2.75) is 32.8 Å². The van der Waals surface area contributed by atoms with E-state index in [0.717, 1.165) is 22.4 Å². The first kappa shape index (κ1) is 19.8. The Morgan fingerprint density at radius 2 is 1.68 bits per heavy atom. The zero-order chi connectivity index (χ0) is 20.3. The molecule has 3 rings (SSSR count). The number of rotatable bonds is 3. The highest BCUT2D eigenvalue weighted by molar-refractivity contribution is 5.92. The predicted molar refractivity (Wildman–Crippen MR) is 111 cm³/mol. The van der Waals surface area contributed by atoms with Crippen LogP contribution < -0.4 is 9.47 Å². The standard InChI is InChI=1S/C23H27NO4/c1-23(2,3)28-22(25)24-12-11-17-14-20(26-4)21(27-5)15-18(17)19(24)13-16-9-7-6-8-10-16/h6-10,13-15H,11-12H2,1-5H3/b19-13-. The van der Waals surface area contributed by atoms with Crippen LogP contribution in [0.25, 0.3) is 11.8 Å². The second-order valence-electron chi connectivity index (χ2n) is 7.69. The van der Waals surface area contributed by atoms with Crippen molar-refractivity contribution in [3.63, 3.8) is 0 Å². The minimum absolute atomic E-state index is 0.352. The Hall–Kier alpha value is -2.95. The molecule has 0 saturated carbocycles. The molecule has 28 heavy (non-hydrogen) atoms. The van der Waals surface area contributed by atoms with E-state index in [0.29, 0.717) is 24.5 Å². The van der Waals surface area contributed by atoms with Crippen molar-refractivity contribution in [2.75, 3.05) is 20.8 Å². The first-order valence-corrected chi connectivity index (χ1v) is 9.35. The summed E-state index contributed by atoms with van der Waals surface area (Å²) in [7, 11) is 3.24. The third-order valence-electron chi connectivity index (χ3n) is 4.50. The van der Waals surface area contributed by atoms with Crippen molar-refractivity contribution >= 4 is 17.9 Å². The largest absolute Gasteiger partial charge is 0.493 e. The number of hydrogen-bond acceptors (Lipinski definition) is 4. The van der Waals surface area contributed by atoms with E-state index < -0.39 is 5.60 Å². The Morgan fingerprint density at radius 3 is 2.29 bits per heavy atom. The molecule has 0 bridgehead atoms. The minimum Gasteiger partial charge on any atom is -0.493 e. The molecule has 1 amide bonds. The molecular weight excluding hydrogens is 354 g/mol. The average Bonchev–Trinajstić information content (AvgIpc) is 2.66. The number of ether oxygens (including phenoxy) is 3. The maximum absolute atomic E-state index is 12.9. The summed E-state index contributed by atoms with van der Waals surface area (Å²) in [6.07, 6.45) is 2.37. The molecule has 2 aromatic carbocycles. The maximum Gasteiger partial charge on any atom is 0.414 e. The normalized spacial score (nSPS) is 15.2. The Kier molecular flexibility index (Phi) is 5.63. The molecule has 0 fully saturated rings. The van der Waals surface area contributed by atoms with Crippen LogP contribution in [0.4, 0.5) is 4.79 Å². The van der Waals surface area contributed by atoms with E-state index in [4.69, 9.17) is 14.2 Å². The summed E-state index contributed by atoms with van der Waals surface area (Å²) in [4.78, 5) is 14.6. The van der Waals surface area contributed by atoms with Gasteiger partial charge in [-0.25, -0.2) is 4.79 Å². The van der Waals surface area contributed by atoms with Crippen molar-refractivity contribution in [1.29, 1.82) is 0 Å². The lowest BCUT2D eigenvalue weighted by Crippen LogP contribution is -2.39. The Morgan fingerprint density at radius 1 is 1.04 bits per heavy atom. The molecule has 0 spiro atoms. The van der Waals surface area contributed by atoms with Crippen LogP contribution in [0.5, 0.6) is 11.5 Å². The van der Waals surface area contributed by atoms with Crippen LogP contribution in [0, 0.1) is 0 Å². The molecule has 0 aromatic heterocycles. The molecule has 0 radical (unpaired) electrons. The number of fused-ring (bicyclic) bond motifs is 1. The lowest BCUT2D eigenvalue weighted by molar-refractivity contribution is 0.0351. The van der Waals surface area contributed by atoms with Gasteiger partial charge in [-0.05, 0) is 56.5 Å². The first-order valence-electron chi connectivity index (χ1n) is 9.35. The molecule has 0 unspecified atom stereocenters. The lowest BCUT2D eigenvalue weighted by atomic mass is 9.94. The van der Waals surface area contributed by atoms with Crippen LogP contribution >= 0.6 is 0 Å². The van der Waals surface area contributed by atoms with Gasteiger partial charge in [-0.3, -0.25) is 4.90 Å². The van der Waals surface area contributed by atoms with Gasteiger partial charge in [0.1, 0.15) is 5.60 Å². The summed E-state index contributed by atoms with van der Waals surface area (Å²) in [6, 6.07) is 13.9. The topological polar surface area (TPSA) is 48.0 Å². The molecule has 0 atom stereocenters. The fraction of sp³-hybridized carbons (Fsp3) is 0.348. The van der Waals surface area contributed by atoms with E-state index in [9.17, 15) is 4.79 Å². The minimum atomic E-state index is -0.563. The maximum atomic E-state index is 12.9. The van der Waals surface area contributed by atoms with Gasteiger partial charge in [0.05, 0.1) is 19.9 Å². The molecule has 2 aromatic rings. The average molecular weight is 381 g/mol. The molecular formula is C23H27NO4. The Labute approximate surface area is 166 Å². The second kappa shape index (κ2) is 7.97. The van der Waals surface area contributed by atoms with Gasteiger partial charge in [0.25, 0.3) is 0 Å². The highest BCUT2D eigenvalue weighted by Gasteiger charge is 2.30. The molecule has 0 N–H and O–H groups in total. The molecule has 0 aliphatic carbocycles. The van der Waals surface area contributed by atoms with Crippen molar-refractivity contribution < 1.29 is 19.0 Å². The van der Waals surface area contributed by atoms with Crippen molar-refractivity contribution in [1.82, 2.24) is 4.90 Å². The number of methoxy groups -OCH3 is 2. The molecule has 1 aliphatic heterocycles. The molecule has 5 nitrogen and oxygen atoms in total. The molecule has 0 saturated heterocycles. The van der Waals surface area contributed by atoms with E-state index in [2.05, 4.69) is 0 Å². The molecule has 148 valence electrons. The predicted octanol–water partition coefficient (Wildman–Crippen LogP) is 5.00. The van der Waals surface area contributed by atoms with Crippen LogP contribution in [0.2, 0.25) is 0 Å². The van der Waals surface area contributed by atoms with Crippen molar-refractivity contribution in [3.8, 4) is 11.5 Å². The van der Waals surface area contributed by atoms with Gasteiger partial charge < -0.3 is 14.2 Å². The quantitative estimate of drug-likeness (QED) is 0.751. The summed E-state index contributed by atoms with van der Waals surface area (Å²) < 4.78 is 16.6. The Bertz CT molecular complexity index is 881. The summed E-state index contributed by atoms with van der Waals surface area (Å²) in [5.74, 6) is 1.32. The summed E-state index contributed by atoms with van der Waals surface area (Å²) >= 11 is 0. The van der Waals surface area contributed by atoms with Gasteiger partial charge in [0.2, 0.25) is 0 Å². The SMILES string of the molecule is COc1cc2c(cc1OC)/C(=C/c1ccccc1)N(C(=O)OC(C)(C)C)CC2. The van der Waals surface area contributed by atoms with Gasteiger partial charge >= 0.3 is 6.09 Å². The Balaban J connectivity index is 2.12. The highest BCUT2D eigenvalue weighted by atomic mass is 16.6. The fourth-order valence-corrected chi connectivity index (χ4v) is 3.23. The van der Waals surface area contributed by atoms with Crippen LogP contribution in [0.15, 0.2) is 42.5 Å². The van der Waals surface area contributed by atoms with Crippen LogP contribution in [0.1, 0.15) is 37.5 Å². The monoisotopic (exact) mass is 381 g/mol. The smallest absolute Gasteiger partial charge is 0.414 e. The summed E-state index contributed by atoms with van der Waals surface area (Å²) in [6.45, 7) is 6.15. The first-order chi connectivity index (χ1) is 13.3. The number of nitrogens with zero attached hydrogens (tertiary/aromatic N) is 1. The van der Waals surface area contributed by atoms with E-state index >= 15 is 0 Å². The van der Waals surface area contributed by atoms with Crippen LogP contribution in [-0.4, -0.2) is 37.4 Å². The second-order valence-corrected chi connectivity index (χ2v) is 7.69. The summed E-state index contributed by atoms with van der Waals surface area (Å²) in [5, 5.41) is 0. The van der Waals surface area contributed by atoms with Gasteiger partial charge in [-0.1, -0.05) is 30.3 Å². The number of benzene rings is 2. The van der Waals surface area contributed by atoms with Crippen LogP contribution in [0.3, 0.4) is 0 Å². The van der Waals surface area contributed by atoms with E-state index in [1.54, 1.807) is 19.1 Å².